The Labute approximate surface area is 170 Å². The average Bonchev–Trinajstić information content (AvgIpc) is 3.30. The number of hydrogen-bond acceptors (Lipinski definition) is 3. The molecule has 150 valence electrons. The third-order valence-electron chi connectivity index (χ3n) is 5.81. The first kappa shape index (κ1) is 19.2. The molecule has 2 aromatic rings. The highest BCUT2D eigenvalue weighted by Gasteiger charge is 2.45. The van der Waals surface area contributed by atoms with Crippen molar-refractivity contribution in [3.63, 3.8) is 0 Å². The monoisotopic (exact) mass is 391 g/mol. The molecule has 0 unspecified atom stereocenters. The molecular weight excluding hydrogens is 366 g/mol. The van der Waals surface area contributed by atoms with Gasteiger partial charge in [-0.15, -0.1) is 0 Å². The van der Waals surface area contributed by atoms with E-state index in [1.165, 1.54) is 4.90 Å². The van der Waals surface area contributed by atoms with Gasteiger partial charge in [-0.25, -0.2) is 4.79 Å². The average molecular weight is 391 g/mol. The van der Waals surface area contributed by atoms with Gasteiger partial charge in [-0.3, -0.25) is 19.4 Å². The van der Waals surface area contributed by atoms with Gasteiger partial charge in [0.25, 0.3) is 5.91 Å². The molecule has 0 aliphatic carbocycles. The predicted octanol–water partition coefficient (Wildman–Crippen LogP) is 3.52. The lowest BCUT2D eigenvalue weighted by Gasteiger charge is -2.27. The largest absolute Gasteiger partial charge is 0.334 e. The number of aryl methyl sites for hydroxylation is 1. The summed E-state index contributed by atoms with van der Waals surface area (Å²) in [5.41, 5.74) is 2.83. The minimum atomic E-state index is -0.624. The van der Waals surface area contributed by atoms with E-state index in [1.807, 2.05) is 61.5 Å². The zero-order valence-corrected chi connectivity index (χ0v) is 16.7. The fourth-order valence-corrected chi connectivity index (χ4v) is 4.22. The Kier molecular flexibility index (Phi) is 5.09. The van der Waals surface area contributed by atoms with Crippen molar-refractivity contribution in [1.82, 2.24) is 9.80 Å². The lowest BCUT2D eigenvalue weighted by molar-refractivity contribution is -0.137. The van der Waals surface area contributed by atoms with Gasteiger partial charge in [-0.05, 0) is 44.4 Å². The Morgan fingerprint density at radius 1 is 1.03 bits per heavy atom. The highest BCUT2D eigenvalue weighted by atomic mass is 16.2. The summed E-state index contributed by atoms with van der Waals surface area (Å²) in [6.07, 6.45) is 1.81. The van der Waals surface area contributed by atoms with Gasteiger partial charge in [0.15, 0.2) is 0 Å². The number of likely N-dealkylation sites (tertiary alicyclic amines) is 1. The van der Waals surface area contributed by atoms with Gasteiger partial charge >= 0.3 is 6.03 Å². The molecule has 4 rings (SSSR count). The van der Waals surface area contributed by atoms with Crippen molar-refractivity contribution < 1.29 is 14.4 Å². The Morgan fingerprint density at radius 2 is 1.72 bits per heavy atom. The third kappa shape index (κ3) is 3.50. The van der Waals surface area contributed by atoms with Crippen molar-refractivity contribution in [3.8, 4) is 0 Å². The standard InChI is InChI=1S/C23H25N3O3/c1-16-10-12-19(13-11-16)26-17(2)22(28)25(23(26)29)15-21(27)24-14-6-9-20(24)18-7-4-3-5-8-18/h3-5,7-8,10-13,17,20H,6,9,14-15H2,1-2H3/t17-,20+/m0/s1. The summed E-state index contributed by atoms with van der Waals surface area (Å²) in [7, 11) is 0. The third-order valence-corrected chi connectivity index (χ3v) is 5.81. The molecule has 0 spiro atoms. The molecule has 29 heavy (non-hydrogen) atoms. The Hall–Kier alpha value is -3.15. The van der Waals surface area contributed by atoms with Crippen LogP contribution in [0, 0.1) is 6.92 Å². The fraction of sp³-hybridized carbons (Fsp3) is 0.348. The minimum absolute atomic E-state index is 0.00197. The van der Waals surface area contributed by atoms with Crippen molar-refractivity contribution >= 4 is 23.5 Å². The topological polar surface area (TPSA) is 60.9 Å². The molecular formula is C23H25N3O3. The van der Waals surface area contributed by atoms with Crippen LogP contribution in [0.5, 0.6) is 0 Å². The van der Waals surface area contributed by atoms with Crippen LogP contribution in [-0.2, 0) is 9.59 Å². The van der Waals surface area contributed by atoms with Crippen molar-refractivity contribution in [1.29, 1.82) is 0 Å². The minimum Gasteiger partial charge on any atom is -0.334 e. The summed E-state index contributed by atoms with van der Waals surface area (Å²) in [6.45, 7) is 4.10. The lowest BCUT2D eigenvalue weighted by atomic mass is 10.0. The molecule has 2 aromatic carbocycles. The van der Waals surface area contributed by atoms with Crippen LogP contribution in [0.3, 0.4) is 0 Å². The number of nitrogens with zero attached hydrogens (tertiary/aromatic N) is 3. The molecule has 0 N–H and O–H groups in total. The Morgan fingerprint density at radius 3 is 2.41 bits per heavy atom. The van der Waals surface area contributed by atoms with Gasteiger partial charge in [-0.2, -0.15) is 0 Å². The number of carbonyl (C=O) groups excluding carboxylic acids is 3. The van der Waals surface area contributed by atoms with E-state index in [0.717, 1.165) is 28.9 Å². The summed E-state index contributed by atoms with van der Waals surface area (Å²) >= 11 is 0. The first-order chi connectivity index (χ1) is 14.0. The van der Waals surface area contributed by atoms with E-state index in [1.54, 1.807) is 11.8 Å². The molecule has 2 heterocycles. The molecule has 0 aromatic heterocycles. The quantitative estimate of drug-likeness (QED) is 0.750. The van der Waals surface area contributed by atoms with Gasteiger partial charge in [-0.1, -0.05) is 48.0 Å². The van der Waals surface area contributed by atoms with Crippen LogP contribution in [0.4, 0.5) is 10.5 Å². The lowest BCUT2D eigenvalue weighted by Crippen LogP contribution is -2.43. The second kappa shape index (κ2) is 7.70. The van der Waals surface area contributed by atoms with Gasteiger partial charge in [0.1, 0.15) is 12.6 Å². The molecule has 0 saturated carbocycles. The van der Waals surface area contributed by atoms with E-state index in [9.17, 15) is 14.4 Å². The smallest absolute Gasteiger partial charge is 0.332 e. The number of benzene rings is 2. The van der Waals surface area contributed by atoms with Gasteiger partial charge in [0.2, 0.25) is 5.91 Å². The summed E-state index contributed by atoms with van der Waals surface area (Å²) in [5.74, 6) is -0.518. The van der Waals surface area contributed by atoms with Crippen LogP contribution in [0.15, 0.2) is 54.6 Å². The maximum absolute atomic E-state index is 13.0. The molecule has 2 atom stereocenters. The van der Waals surface area contributed by atoms with Gasteiger partial charge in [0.05, 0.1) is 6.04 Å². The molecule has 2 aliphatic rings. The fourth-order valence-electron chi connectivity index (χ4n) is 4.22. The molecule has 0 bridgehead atoms. The highest BCUT2D eigenvalue weighted by Crippen LogP contribution is 2.32. The number of imide groups is 1. The summed E-state index contributed by atoms with van der Waals surface area (Å²) in [5, 5.41) is 0. The second-order valence-corrected chi connectivity index (χ2v) is 7.74. The van der Waals surface area contributed by atoms with E-state index >= 15 is 0 Å². The van der Waals surface area contributed by atoms with Crippen molar-refractivity contribution in [3.05, 3.63) is 65.7 Å². The normalized spacial score (nSPS) is 21.9. The molecule has 6 nitrogen and oxygen atoms in total. The van der Waals surface area contributed by atoms with E-state index in [0.29, 0.717) is 12.2 Å². The molecule has 2 fully saturated rings. The Balaban J connectivity index is 1.51. The summed E-state index contributed by atoms with van der Waals surface area (Å²) < 4.78 is 0. The van der Waals surface area contributed by atoms with Crippen LogP contribution < -0.4 is 4.90 Å². The highest BCUT2D eigenvalue weighted by molar-refractivity contribution is 6.15. The van der Waals surface area contributed by atoms with Crippen LogP contribution in [0.2, 0.25) is 0 Å². The maximum Gasteiger partial charge on any atom is 0.332 e. The zero-order valence-electron chi connectivity index (χ0n) is 16.7. The van der Waals surface area contributed by atoms with Crippen LogP contribution in [0.25, 0.3) is 0 Å². The number of anilines is 1. The van der Waals surface area contributed by atoms with Crippen molar-refractivity contribution in [2.45, 2.75) is 38.8 Å². The number of carbonyl (C=O) groups is 3. The maximum atomic E-state index is 13.0. The summed E-state index contributed by atoms with van der Waals surface area (Å²) in [4.78, 5) is 43.1. The number of amides is 4. The molecule has 2 aliphatic heterocycles. The number of rotatable bonds is 4. The molecule has 2 saturated heterocycles. The summed E-state index contributed by atoms with van der Waals surface area (Å²) in [6, 6.07) is 16.3. The SMILES string of the molecule is Cc1ccc(N2C(=O)N(CC(=O)N3CCC[C@@H]3c3ccccc3)C(=O)[C@@H]2C)cc1. The first-order valence-electron chi connectivity index (χ1n) is 10.0. The first-order valence-corrected chi connectivity index (χ1v) is 10.0. The van der Waals surface area contributed by atoms with Gasteiger partial charge in [0, 0.05) is 12.2 Å². The van der Waals surface area contributed by atoms with E-state index in [2.05, 4.69) is 0 Å². The van der Waals surface area contributed by atoms with E-state index < -0.39 is 12.1 Å². The van der Waals surface area contributed by atoms with E-state index in [4.69, 9.17) is 0 Å². The van der Waals surface area contributed by atoms with E-state index in [-0.39, 0.29) is 24.4 Å². The van der Waals surface area contributed by atoms with Crippen molar-refractivity contribution in [2.24, 2.45) is 0 Å². The number of urea groups is 1. The van der Waals surface area contributed by atoms with Crippen LogP contribution in [-0.4, -0.2) is 46.8 Å². The number of hydrogen-bond donors (Lipinski definition) is 0. The Bertz CT molecular complexity index is 926. The zero-order chi connectivity index (χ0) is 20.5. The predicted molar refractivity (Wildman–Crippen MR) is 110 cm³/mol. The van der Waals surface area contributed by atoms with Crippen LogP contribution in [0.1, 0.15) is 36.9 Å². The molecule has 6 heteroatoms. The molecule has 0 radical (unpaired) electrons. The van der Waals surface area contributed by atoms with Crippen molar-refractivity contribution in [2.75, 3.05) is 18.0 Å². The van der Waals surface area contributed by atoms with Gasteiger partial charge < -0.3 is 4.90 Å². The molecule has 4 amide bonds. The second-order valence-electron chi connectivity index (χ2n) is 7.74. The van der Waals surface area contributed by atoms with Crippen LogP contribution >= 0.6 is 0 Å².